The lowest BCUT2D eigenvalue weighted by molar-refractivity contribution is 0.0702. The molecule has 6 nitrogen and oxygen atoms in total. The zero-order valence-electron chi connectivity index (χ0n) is 11.5. The van der Waals surface area contributed by atoms with Gasteiger partial charge >= 0.3 is 5.97 Å². The monoisotopic (exact) mass is 329 g/mol. The van der Waals surface area contributed by atoms with E-state index < -0.39 is 16.0 Å². The van der Waals surface area contributed by atoms with Gasteiger partial charge in [-0.05, 0) is 32.0 Å². The van der Waals surface area contributed by atoms with E-state index in [-0.39, 0.29) is 15.8 Å². The fourth-order valence-electron chi connectivity index (χ4n) is 1.94. The maximum absolute atomic E-state index is 12.3. The van der Waals surface area contributed by atoms with Gasteiger partial charge in [-0.1, -0.05) is 0 Å². The van der Waals surface area contributed by atoms with E-state index in [1.807, 2.05) is 0 Å². The maximum Gasteiger partial charge on any atom is 0.345 e. The van der Waals surface area contributed by atoms with Gasteiger partial charge in [0.15, 0.2) is 0 Å². The minimum atomic E-state index is -3.75. The van der Waals surface area contributed by atoms with Crippen LogP contribution in [0.3, 0.4) is 0 Å². The van der Waals surface area contributed by atoms with Crippen molar-refractivity contribution in [3.05, 3.63) is 40.0 Å². The molecule has 8 heteroatoms. The molecule has 0 saturated heterocycles. The lowest BCUT2D eigenvalue weighted by atomic mass is 10.2. The van der Waals surface area contributed by atoms with E-state index in [0.717, 1.165) is 11.3 Å². The highest BCUT2D eigenvalue weighted by atomic mass is 32.2. The Hall–Kier alpha value is -1.64. The predicted molar refractivity (Wildman–Crippen MR) is 78.2 cm³/mol. The molecule has 0 aliphatic carbocycles. The van der Waals surface area contributed by atoms with E-state index in [0.29, 0.717) is 17.1 Å². The summed E-state index contributed by atoms with van der Waals surface area (Å²) < 4.78 is 32.3. The third-order valence-corrected chi connectivity index (χ3v) is 5.70. The molecule has 2 aromatic rings. The average molecular weight is 329 g/mol. The van der Waals surface area contributed by atoms with Crippen LogP contribution in [-0.4, -0.2) is 25.5 Å². The Balaban J connectivity index is 2.16. The second-order valence-electron chi connectivity index (χ2n) is 4.64. The summed E-state index contributed by atoms with van der Waals surface area (Å²) in [6, 6.07) is 4.32. The third kappa shape index (κ3) is 3.72. The van der Waals surface area contributed by atoms with Crippen LogP contribution < -0.4 is 4.72 Å². The average Bonchev–Trinajstić information content (AvgIpc) is 2.97. The molecule has 2 N–H and O–H groups in total. The summed E-state index contributed by atoms with van der Waals surface area (Å²) in [6.07, 6.45) is 1.94. The van der Waals surface area contributed by atoms with Gasteiger partial charge in [0.2, 0.25) is 10.0 Å². The standard InChI is InChI=1S/C13H15NO5S2/c1-8(6-10-4-3-5-19-10)14-21(17,18)12-7-11(13(15)16)20-9(12)2/h3-5,7-8,14H,6H2,1-2H3,(H,15,16). The molecule has 0 radical (unpaired) electrons. The van der Waals surface area contributed by atoms with Crippen LogP contribution in [0.4, 0.5) is 0 Å². The Morgan fingerprint density at radius 3 is 2.76 bits per heavy atom. The van der Waals surface area contributed by atoms with E-state index in [4.69, 9.17) is 9.52 Å². The highest BCUT2D eigenvalue weighted by Crippen LogP contribution is 2.26. The van der Waals surface area contributed by atoms with Crippen molar-refractivity contribution in [1.29, 1.82) is 0 Å². The van der Waals surface area contributed by atoms with Crippen molar-refractivity contribution in [3.63, 3.8) is 0 Å². The summed E-state index contributed by atoms with van der Waals surface area (Å²) in [7, 11) is -3.75. The molecular formula is C13H15NO5S2. The first kappa shape index (κ1) is 15.7. The molecule has 114 valence electrons. The Morgan fingerprint density at radius 2 is 2.24 bits per heavy atom. The van der Waals surface area contributed by atoms with Crippen molar-refractivity contribution in [1.82, 2.24) is 4.72 Å². The fourth-order valence-corrected chi connectivity index (χ4v) is 4.61. The Bertz CT molecular complexity index is 731. The molecule has 0 spiro atoms. The summed E-state index contributed by atoms with van der Waals surface area (Å²) in [4.78, 5) is 11.4. The highest BCUT2D eigenvalue weighted by Gasteiger charge is 2.24. The van der Waals surface area contributed by atoms with Crippen LogP contribution in [0.2, 0.25) is 0 Å². The Morgan fingerprint density at radius 1 is 1.52 bits per heavy atom. The molecule has 2 rings (SSSR count). The molecule has 0 fully saturated rings. The number of carboxylic acid groups (broad SMARTS) is 1. The first-order valence-corrected chi connectivity index (χ1v) is 8.48. The van der Waals surface area contributed by atoms with Crippen molar-refractivity contribution in [2.75, 3.05) is 0 Å². The summed E-state index contributed by atoms with van der Waals surface area (Å²) >= 11 is 0.945. The number of rotatable bonds is 6. The molecule has 0 aromatic carbocycles. The summed E-state index contributed by atoms with van der Waals surface area (Å²) in [5.41, 5.74) is 0. The summed E-state index contributed by atoms with van der Waals surface area (Å²) in [6.45, 7) is 3.31. The second-order valence-corrected chi connectivity index (χ2v) is 7.58. The zero-order valence-corrected chi connectivity index (χ0v) is 13.1. The predicted octanol–water partition coefficient (Wildman–Crippen LogP) is 2.26. The molecule has 0 amide bonds. The molecule has 0 bridgehead atoms. The molecule has 0 aliphatic rings. The normalized spacial score (nSPS) is 13.2. The number of hydrogen-bond acceptors (Lipinski definition) is 5. The number of sulfonamides is 1. The van der Waals surface area contributed by atoms with Gasteiger partial charge < -0.3 is 9.52 Å². The number of aryl methyl sites for hydroxylation is 1. The molecule has 1 unspecified atom stereocenters. The minimum absolute atomic E-state index is 0.00608. The van der Waals surface area contributed by atoms with E-state index in [2.05, 4.69) is 4.72 Å². The van der Waals surface area contributed by atoms with Crippen molar-refractivity contribution in [2.24, 2.45) is 0 Å². The Labute approximate surface area is 126 Å². The molecule has 0 saturated carbocycles. The number of nitrogens with one attached hydrogen (secondary N) is 1. The second kappa shape index (κ2) is 6.00. The van der Waals surface area contributed by atoms with E-state index >= 15 is 0 Å². The molecule has 2 heterocycles. The van der Waals surface area contributed by atoms with Crippen LogP contribution >= 0.6 is 11.3 Å². The van der Waals surface area contributed by atoms with Crippen LogP contribution in [0.25, 0.3) is 0 Å². The molecular weight excluding hydrogens is 314 g/mol. The maximum atomic E-state index is 12.3. The van der Waals surface area contributed by atoms with Gasteiger partial charge in [0.25, 0.3) is 0 Å². The number of aromatic carboxylic acids is 1. The number of carbonyl (C=O) groups is 1. The Kier molecular flexibility index (Phi) is 4.50. The smallest absolute Gasteiger partial charge is 0.345 e. The van der Waals surface area contributed by atoms with Gasteiger partial charge in [-0.3, -0.25) is 0 Å². The topological polar surface area (TPSA) is 96.6 Å². The van der Waals surface area contributed by atoms with Crippen LogP contribution in [0.15, 0.2) is 33.8 Å². The van der Waals surface area contributed by atoms with Gasteiger partial charge in [-0.25, -0.2) is 17.9 Å². The number of hydrogen-bond donors (Lipinski definition) is 2. The van der Waals surface area contributed by atoms with Crippen molar-refractivity contribution >= 4 is 27.3 Å². The minimum Gasteiger partial charge on any atom is -0.477 e. The van der Waals surface area contributed by atoms with Gasteiger partial charge in [0.1, 0.15) is 10.6 Å². The highest BCUT2D eigenvalue weighted by molar-refractivity contribution is 7.89. The lowest BCUT2D eigenvalue weighted by Crippen LogP contribution is -2.34. The van der Waals surface area contributed by atoms with Crippen LogP contribution in [0.1, 0.15) is 27.2 Å². The van der Waals surface area contributed by atoms with Crippen LogP contribution in [0.5, 0.6) is 0 Å². The first-order valence-electron chi connectivity index (χ1n) is 6.18. The summed E-state index contributed by atoms with van der Waals surface area (Å²) in [5, 5.41) is 8.92. The van der Waals surface area contributed by atoms with Gasteiger partial charge in [0.05, 0.1) is 11.2 Å². The number of carboxylic acids is 1. The molecule has 21 heavy (non-hydrogen) atoms. The first-order chi connectivity index (χ1) is 9.79. The van der Waals surface area contributed by atoms with Crippen molar-refractivity contribution < 1.29 is 22.7 Å². The number of thiophene rings is 1. The van der Waals surface area contributed by atoms with Gasteiger partial charge in [-0.2, -0.15) is 0 Å². The van der Waals surface area contributed by atoms with Crippen molar-refractivity contribution in [3.8, 4) is 0 Å². The van der Waals surface area contributed by atoms with Gasteiger partial charge in [-0.15, -0.1) is 11.3 Å². The third-order valence-electron chi connectivity index (χ3n) is 2.82. The zero-order chi connectivity index (χ0) is 15.6. The van der Waals surface area contributed by atoms with Crippen molar-refractivity contribution in [2.45, 2.75) is 31.2 Å². The van der Waals surface area contributed by atoms with E-state index in [9.17, 15) is 13.2 Å². The molecule has 0 aliphatic heterocycles. The number of furan rings is 1. The molecule has 1 atom stereocenters. The van der Waals surface area contributed by atoms with Gasteiger partial charge in [0, 0.05) is 17.3 Å². The quantitative estimate of drug-likeness (QED) is 0.847. The van der Waals surface area contributed by atoms with E-state index in [1.54, 1.807) is 26.0 Å². The largest absolute Gasteiger partial charge is 0.477 e. The van der Waals surface area contributed by atoms with Crippen LogP contribution in [0, 0.1) is 6.92 Å². The SMILES string of the molecule is Cc1sc(C(=O)O)cc1S(=O)(=O)NC(C)Cc1ccco1. The molecule has 2 aromatic heterocycles. The van der Waals surface area contributed by atoms with E-state index in [1.165, 1.54) is 12.3 Å². The van der Waals surface area contributed by atoms with Crippen LogP contribution in [-0.2, 0) is 16.4 Å². The fraction of sp³-hybridized carbons (Fsp3) is 0.308. The summed E-state index contributed by atoms with van der Waals surface area (Å²) in [5.74, 6) is -0.452. The lowest BCUT2D eigenvalue weighted by Gasteiger charge is -2.12.